The van der Waals surface area contributed by atoms with Gasteiger partial charge in [0.2, 0.25) is 11.9 Å². The molecule has 278 valence electrons. The molecule has 2 atom stereocenters. The van der Waals surface area contributed by atoms with Gasteiger partial charge in [-0.2, -0.15) is 13.2 Å². The highest BCUT2D eigenvalue weighted by Gasteiger charge is 2.44. The van der Waals surface area contributed by atoms with Gasteiger partial charge in [0.05, 0.1) is 24.0 Å². The van der Waals surface area contributed by atoms with Gasteiger partial charge >= 0.3 is 6.18 Å². The second-order valence-corrected chi connectivity index (χ2v) is 15.9. The Hall–Kier alpha value is -3.25. The van der Waals surface area contributed by atoms with Crippen molar-refractivity contribution in [2.75, 3.05) is 24.6 Å². The van der Waals surface area contributed by atoms with E-state index in [-0.39, 0.29) is 48.1 Å². The number of ether oxygens (including phenoxy) is 1. The Morgan fingerprint density at radius 2 is 1.57 bits per heavy atom. The fraction of sp³-hybridized carbons (Fsp3) is 0.615. The zero-order valence-electron chi connectivity index (χ0n) is 29.7. The number of benzene rings is 1. The minimum Gasteiger partial charge on any atom is -0.388 e. The molecule has 0 bridgehead atoms. The van der Waals surface area contributed by atoms with Crippen molar-refractivity contribution in [3.63, 3.8) is 0 Å². The Kier molecular flexibility index (Phi) is 10.8. The first-order valence-corrected chi connectivity index (χ1v) is 18.1. The number of halogens is 6. The molecule has 0 spiro atoms. The number of fused-ring (bicyclic) bond motifs is 1. The van der Waals surface area contributed by atoms with Crippen LogP contribution in [0.5, 0.6) is 0 Å². The molecule has 51 heavy (non-hydrogen) atoms. The van der Waals surface area contributed by atoms with Crippen molar-refractivity contribution in [2.45, 2.75) is 122 Å². The molecular formula is C39H48F6N4O2. The maximum absolute atomic E-state index is 17.2. The number of hydrogen-bond donors (Lipinski definition) is 1. The molecular weight excluding hydrogens is 670 g/mol. The van der Waals surface area contributed by atoms with E-state index >= 15 is 4.39 Å². The Labute approximate surface area is 296 Å². The quantitative estimate of drug-likeness (QED) is 0.222. The van der Waals surface area contributed by atoms with Gasteiger partial charge in [0, 0.05) is 73.2 Å². The predicted octanol–water partition coefficient (Wildman–Crippen LogP) is 9.80. The second kappa shape index (κ2) is 14.6. The van der Waals surface area contributed by atoms with E-state index in [4.69, 9.17) is 9.72 Å². The molecule has 6 nitrogen and oxygen atoms in total. The molecule has 3 aliphatic rings. The highest BCUT2D eigenvalue weighted by molar-refractivity contribution is 5.51. The normalized spacial score (nSPS) is 21.9. The second-order valence-electron chi connectivity index (χ2n) is 15.9. The van der Waals surface area contributed by atoms with Gasteiger partial charge in [0.25, 0.3) is 0 Å². The number of rotatable bonds is 9. The van der Waals surface area contributed by atoms with Gasteiger partial charge in [-0.1, -0.05) is 39.8 Å². The summed E-state index contributed by atoms with van der Waals surface area (Å²) in [6.07, 6.45) is -2.33. The summed E-state index contributed by atoms with van der Waals surface area (Å²) < 4.78 is 92.3. The van der Waals surface area contributed by atoms with Crippen molar-refractivity contribution >= 4 is 5.95 Å². The molecule has 1 saturated carbocycles. The van der Waals surface area contributed by atoms with Crippen LogP contribution in [0.2, 0.25) is 0 Å². The molecule has 12 heteroatoms. The first-order valence-electron chi connectivity index (χ1n) is 18.1. The topological polar surface area (TPSA) is 71.4 Å². The van der Waals surface area contributed by atoms with Crippen LogP contribution in [0.3, 0.4) is 0 Å². The van der Waals surface area contributed by atoms with Gasteiger partial charge in [0.15, 0.2) is 6.17 Å². The maximum Gasteiger partial charge on any atom is 0.416 e. The molecule has 2 fully saturated rings. The van der Waals surface area contributed by atoms with Crippen LogP contribution in [-0.4, -0.2) is 45.7 Å². The van der Waals surface area contributed by atoms with Gasteiger partial charge < -0.3 is 14.7 Å². The lowest BCUT2D eigenvalue weighted by Crippen LogP contribution is -2.36. The highest BCUT2D eigenvalue weighted by Crippen LogP contribution is 2.52. The van der Waals surface area contributed by atoms with E-state index in [9.17, 15) is 27.1 Å². The van der Waals surface area contributed by atoms with Gasteiger partial charge in [-0.25, -0.2) is 23.1 Å². The molecule has 0 amide bonds. The monoisotopic (exact) mass is 718 g/mol. The molecule has 0 radical (unpaired) electrons. The number of aliphatic hydroxyl groups is 1. The molecule has 2 aromatic heterocycles. The number of anilines is 1. The summed E-state index contributed by atoms with van der Waals surface area (Å²) in [6, 6.07) is 4.02. The third-order valence-corrected chi connectivity index (χ3v) is 10.6. The number of alkyl halides is 6. The van der Waals surface area contributed by atoms with Crippen molar-refractivity contribution in [3.05, 3.63) is 81.4 Å². The van der Waals surface area contributed by atoms with E-state index in [2.05, 4.69) is 28.7 Å². The highest BCUT2D eigenvalue weighted by atomic mass is 19.4. The van der Waals surface area contributed by atoms with Gasteiger partial charge in [-0.05, 0) is 79.0 Å². The van der Waals surface area contributed by atoms with Crippen molar-refractivity contribution in [2.24, 2.45) is 11.3 Å². The molecule has 1 aliphatic heterocycles. The summed E-state index contributed by atoms with van der Waals surface area (Å²) in [5, 5.41) is 11.6. The van der Waals surface area contributed by atoms with Crippen molar-refractivity contribution in [1.29, 1.82) is 0 Å². The fourth-order valence-electron chi connectivity index (χ4n) is 8.07. The zero-order valence-corrected chi connectivity index (χ0v) is 29.7. The van der Waals surface area contributed by atoms with Crippen LogP contribution in [0.1, 0.15) is 142 Å². The van der Waals surface area contributed by atoms with E-state index in [1.807, 2.05) is 13.8 Å². The third kappa shape index (κ3) is 8.53. The largest absolute Gasteiger partial charge is 0.416 e. The smallest absolute Gasteiger partial charge is 0.388 e. The molecule has 1 aromatic carbocycles. The van der Waals surface area contributed by atoms with Crippen molar-refractivity contribution < 1.29 is 36.2 Å². The summed E-state index contributed by atoms with van der Waals surface area (Å²) in [5.74, 6) is -2.51. The molecule has 2 aliphatic carbocycles. The lowest BCUT2D eigenvalue weighted by Gasteiger charge is -2.41. The summed E-state index contributed by atoms with van der Waals surface area (Å²) >= 11 is 0. The summed E-state index contributed by atoms with van der Waals surface area (Å²) in [4.78, 5) is 16.3. The lowest BCUT2D eigenvalue weighted by molar-refractivity contribution is -0.137. The Morgan fingerprint density at radius 3 is 2.16 bits per heavy atom. The summed E-state index contributed by atoms with van der Waals surface area (Å²) in [5.41, 5.74) is 2.15. The molecule has 1 unspecified atom stereocenters. The first kappa shape index (κ1) is 37.5. The lowest BCUT2D eigenvalue weighted by atomic mass is 9.68. The van der Waals surface area contributed by atoms with Crippen LogP contribution in [0.25, 0.3) is 0 Å². The van der Waals surface area contributed by atoms with E-state index < -0.39 is 35.9 Å². The van der Waals surface area contributed by atoms with Gasteiger partial charge in [-0.15, -0.1) is 0 Å². The number of nitrogens with zero attached hydrogens (tertiary/aromatic N) is 4. The molecule has 3 aromatic rings. The minimum atomic E-state index is -4.59. The Morgan fingerprint density at radius 1 is 0.941 bits per heavy atom. The molecule has 1 N–H and O–H groups in total. The van der Waals surface area contributed by atoms with E-state index in [1.165, 1.54) is 0 Å². The fourth-order valence-corrected chi connectivity index (χ4v) is 8.07. The SMILES string of the molecule is CC(C)COCc1cnc(N2CCC(c3nc4c(c(C5CCC(F)(F)CC5)c3C(F)c3ccc(C(F)(F)F)cc3)[C@@H](O)CC(C)(C)C4)CC2)nc1. The summed E-state index contributed by atoms with van der Waals surface area (Å²) in [7, 11) is 0. The number of hydrogen-bond acceptors (Lipinski definition) is 6. The van der Waals surface area contributed by atoms with E-state index in [0.717, 1.165) is 29.8 Å². The number of aliphatic hydroxyl groups excluding tert-OH is 1. The van der Waals surface area contributed by atoms with Crippen LogP contribution >= 0.6 is 0 Å². The summed E-state index contributed by atoms with van der Waals surface area (Å²) in [6.45, 7) is 10.4. The zero-order chi connectivity index (χ0) is 36.7. The maximum atomic E-state index is 17.2. The van der Waals surface area contributed by atoms with E-state index in [1.54, 1.807) is 12.4 Å². The van der Waals surface area contributed by atoms with Crippen LogP contribution in [0.15, 0.2) is 36.7 Å². The molecule has 1 saturated heterocycles. The molecule has 3 heterocycles. The Balaban J connectivity index is 1.37. The Bertz CT molecular complexity index is 1640. The van der Waals surface area contributed by atoms with Crippen LogP contribution in [0.4, 0.5) is 32.3 Å². The first-order chi connectivity index (χ1) is 24.0. The molecule has 6 rings (SSSR count). The standard InChI is InChI=1S/C39H48F6N4O2/c1-23(2)21-51-22-24-19-46-36(47-20-24)49-15-11-27(12-16-49)35-33(34(40)26-5-7-28(8-6-26)39(43,44)45)31(25-9-13-38(41,42)14-10-25)32-29(48-35)17-37(3,4)18-30(32)50/h5-8,19-20,23,25,27,30,34,50H,9-18,21-22H2,1-4H3/t30-,34?/m0/s1. The van der Waals surface area contributed by atoms with Crippen LogP contribution < -0.4 is 4.90 Å². The van der Waals surface area contributed by atoms with Gasteiger partial charge in [-0.3, -0.25) is 4.98 Å². The number of aromatic nitrogens is 3. The predicted molar refractivity (Wildman–Crippen MR) is 183 cm³/mol. The van der Waals surface area contributed by atoms with Gasteiger partial charge in [0.1, 0.15) is 0 Å². The average Bonchev–Trinajstić information content (AvgIpc) is 3.06. The average molecular weight is 719 g/mol. The third-order valence-electron chi connectivity index (χ3n) is 10.6. The number of piperidine rings is 1. The van der Waals surface area contributed by atoms with Crippen molar-refractivity contribution in [3.8, 4) is 0 Å². The van der Waals surface area contributed by atoms with Crippen LogP contribution in [0, 0.1) is 11.3 Å². The van der Waals surface area contributed by atoms with Crippen molar-refractivity contribution in [1.82, 2.24) is 15.0 Å². The number of pyridine rings is 1. The minimum absolute atomic E-state index is 0.0299. The van der Waals surface area contributed by atoms with E-state index in [0.29, 0.717) is 86.4 Å². The van der Waals surface area contributed by atoms with Crippen LogP contribution in [-0.2, 0) is 23.9 Å².